The molecular formula is C17H22N2O3. The molecule has 118 valence electrons. The molecule has 1 aromatic carbocycles. The van der Waals surface area contributed by atoms with E-state index in [2.05, 4.69) is 15.0 Å². The van der Waals surface area contributed by atoms with Crippen molar-refractivity contribution in [2.24, 2.45) is 0 Å². The van der Waals surface area contributed by atoms with Gasteiger partial charge in [-0.15, -0.1) is 0 Å². The van der Waals surface area contributed by atoms with E-state index in [1.807, 2.05) is 37.3 Å². The Morgan fingerprint density at radius 1 is 1.36 bits per heavy atom. The highest BCUT2D eigenvalue weighted by molar-refractivity contribution is 5.87. The van der Waals surface area contributed by atoms with Crippen LogP contribution in [0.25, 0.3) is 0 Å². The Labute approximate surface area is 130 Å². The lowest BCUT2D eigenvalue weighted by atomic mass is 10.0. The zero-order valence-electron chi connectivity index (χ0n) is 12.9. The fraction of sp³-hybridized carbons (Fsp3) is 0.353. The topological polar surface area (TPSA) is 74.3 Å². The number of aliphatic hydroxyl groups is 1. The third-order valence-corrected chi connectivity index (χ3v) is 3.56. The number of nitrogens with one attached hydrogen (secondary N) is 2. The number of aromatic nitrogens is 1. The molecule has 5 nitrogen and oxygen atoms in total. The second-order valence-corrected chi connectivity index (χ2v) is 5.36. The van der Waals surface area contributed by atoms with E-state index < -0.39 is 6.10 Å². The average Bonchev–Trinajstić information content (AvgIpc) is 3.02. The molecule has 2 rings (SSSR count). The van der Waals surface area contributed by atoms with E-state index in [9.17, 15) is 9.90 Å². The van der Waals surface area contributed by atoms with E-state index in [0.29, 0.717) is 18.7 Å². The van der Waals surface area contributed by atoms with Crippen LogP contribution in [0.1, 0.15) is 41.1 Å². The highest BCUT2D eigenvalue weighted by Crippen LogP contribution is 2.18. The number of H-pyrrole nitrogens is 1. The van der Waals surface area contributed by atoms with Gasteiger partial charge in [0.15, 0.2) is 0 Å². The molecule has 1 heterocycles. The van der Waals surface area contributed by atoms with Gasteiger partial charge in [0.25, 0.3) is 0 Å². The van der Waals surface area contributed by atoms with Crippen molar-refractivity contribution < 1.29 is 14.6 Å². The lowest BCUT2D eigenvalue weighted by Gasteiger charge is -2.18. The molecule has 0 saturated carbocycles. The zero-order valence-corrected chi connectivity index (χ0v) is 12.9. The van der Waals surface area contributed by atoms with Gasteiger partial charge in [-0.1, -0.05) is 30.3 Å². The van der Waals surface area contributed by atoms with Crippen molar-refractivity contribution in [2.45, 2.75) is 32.0 Å². The number of methoxy groups -OCH3 is 1. The van der Waals surface area contributed by atoms with Gasteiger partial charge in [0.05, 0.1) is 13.2 Å². The Bertz CT molecular complexity index is 595. The van der Waals surface area contributed by atoms with Gasteiger partial charge in [-0.3, -0.25) is 0 Å². The van der Waals surface area contributed by atoms with Gasteiger partial charge in [-0.2, -0.15) is 0 Å². The van der Waals surface area contributed by atoms with Crippen LogP contribution in [-0.4, -0.2) is 29.2 Å². The number of benzene rings is 1. The summed E-state index contributed by atoms with van der Waals surface area (Å²) >= 11 is 0. The second kappa shape index (κ2) is 7.77. The summed E-state index contributed by atoms with van der Waals surface area (Å²) < 4.78 is 4.65. The van der Waals surface area contributed by atoms with E-state index in [1.54, 1.807) is 12.3 Å². The number of hydrogen-bond acceptors (Lipinski definition) is 4. The molecule has 0 fully saturated rings. The fourth-order valence-corrected chi connectivity index (χ4v) is 2.29. The molecule has 2 unspecified atom stereocenters. The Morgan fingerprint density at radius 3 is 2.77 bits per heavy atom. The van der Waals surface area contributed by atoms with Crippen molar-refractivity contribution in [3.05, 3.63) is 59.4 Å². The summed E-state index contributed by atoms with van der Waals surface area (Å²) in [5.74, 6) is -0.376. The average molecular weight is 302 g/mol. The molecule has 0 radical (unpaired) electrons. The number of rotatable bonds is 7. The van der Waals surface area contributed by atoms with Crippen LogP contribution in [0, 0.1) is 0 Å². The molecular weight excluding hydrogens is 280 g/mol. The van der Waals surface area contributed by atoms with Crippen LogP contribution >= 0.6 is 0 Å². The summed E-state index contributed by atoms with van der Waals surface area (Å²) in [4.78, 5) is 14.2. The maximum atomic E-state index is 11.4. The van der Waals surface area contributed by atoms with Gasteiger partial charge < -0.3 is 20.1 Å². The number of ether oxygens (including phenoxy) is 1. The smallest absolute Gasteiger partial charge is 0.354 e. The van der Waals surface area contributed by atoms with Crippen molar-refractivity contribution in [2.75, 3.05) is 7.11 Å². The van der Waals surface area contributed by atoms with Crippen LogP contribution in [0.2, 0.25) is 0 Å². The predicted octanol–water partition coefficient (Wildman–Crippen LogP) is 2.40. The Hall–Kier alpha value is -2.11. The zero-order chi connectivity index (χ0) is 15.9. The Morgan fingerprint density at radius 2 is 2.09 bits per heavy atom. The first-order valence-corrected chi connectivity index (χ1v) is 7.32. The lowest BCUT2D eigenvalue weighted by Crippen LogP contribution is -2.27. The number of aromatic amines is 1. The third kappa shape index (κ3) is 4.44. The molecule has 0 bridgehead atoms. The maximum Gasteiger partial charge on any atom is 0.354 e. The van der Waals surface area contributed by atoms with Crippen molar-refractivity contribution in [1.29, 1.82) is 0 Å². The van der Waals surface area contributed by atoms with Gasteiger partial charge >= 0.3 is 5.97 Å². The predicted molar refractivity (Wildman–Crippen MR) is 84.5 cm³/mol. The van der Waals surface area contributed by atoms with Crippen LogP contribution in [-0.2, 0) is 11.3 Å². The Balaban J connectivity index is 1.81. The van der Waals surface area contributed by atoms with Crippen molar-refractivity contribution in [3.8, 4) is 0 Å². The molecule has 0 aliphatic carbocycles. The van der Waals surface area contributed by atoms with Gasteiger partial charge in [-0.25, -0.2) is 4.79 Å². The SMILES string of the molecule is COC(=O)c1cc(CNC(C)CC(O)c2ccccc2)c[nH]1. The van der Waals surface area contributed by atoms with Crippen LogP contribution in [0.5, 0.6) is 0 Å². The highest BCUT2D eigenvalue weighted by Gasteiger charge is 2.13. The summed E-state index contributed by atoms with van der Waals surface area (Å²) in [6.07, 6.45) is 1.92. The Kier molecular flexibility index (Phi) is 5.75. The summed E-state index contributed by atoms with van der Waals surface area (Å²) in [6.45, 7) is 2.65. The number of esters is 1. The molecule has 0 aliphatic heterocycles. The molecule has 3 N–H and O–H groups in total. The molecule has 2 aromatic rings. The normalized spacial score (nSPS) is 13.6. The van der Waals surface area contributed by atoms with Gasteiger partial charge in [0.2, 0.25) is 0 Å². The van der Waals surface area contributed by atoms with Gasteiger partial charge in [0, 0.05) is 18.8 Å². The van der Waals surface area contributed by atoms with E-state index in [1.165, 1.54) is 7.11 Å². The lowest BCUT2D eigenvalue weighted by molar-refractivity contribution is 0.0595. The minimum Gasteiger partial charge on any atom is -0.464 e. The molecule has 2 atom stereocenters. The number of carbonyl (C=O) groups is 1. The molecule has 0 amide bonds. The highest BCUT2D eigenvalue weighted by atomic mass is 16.5. The van der Waals surface area contributed by atoms with Crippen LogP contribution in [0.3, 0.4) is 0 Å². The fourth-order valence-electron chi connectivity index (χ4n) is 2.29. The molecule has 5 heteroatoms. The molecule has 0 aliphatic rings. The minimum atomic E-state index is -0.486. The summed E-state index contributed by atoms with van der Waals surface area (Å²) in [5, 5.41) is 13.5. The van der Waals surface area contributed by atoms with Crippen molar-refractivity contribution in [3.63, 3.8) is 0 Å². The van der Waals surface area contributed by atoms with Crippen molar-refractivity contribution in [1.82, 2.24) is 10.3 Å². The largest absolute Gasteiger partial charge is 0.464 e. The van der Waals surface area contributed by atoms with Gasteiger partial charge in [0.1, 0.15) is 5.69 Å². The number of hydrogen-bond donors (Lipinski definition) is 3. The standard InChI is InChI=1S/C17H22N2O3/c1-12(8-16(20)14-6-4-3-5-7-14)18-10-13-9-15(19-11-13)17(21)22-2/h3-7,9,11-12,16,18-20H,8,10H2,1-2H3. The summed E-state index contributed by atoms with van der Waals surface area (Å²) in [6, 6.07) is 11.5. The van der Waals surface area contributed by atoms with E-state index >= 15 is 0 Å². The van der Waals surface area contributed by atoms with E-state index in [-0.39, 0.29) is 12.0 Å². The number of carbonyl (C=O) groups excluding carboxylic acids is 1. The molecule has 0 spiro atoms. The maximum absolute atomic E-state index is 11.4. The molecule has 1 aromatic heterocycles. The summed E-state index contributed by atoms with van der Waals surface area (Å²) in [5.41, 5.74) is 2.34. The minimum absolute atomic E-state index is 0.145. The van der Waals surface area contributed by atoms with E-state index in [4.69, 9.17) is 0 Å². The van der Waals surface area contributed by atoms with Gasteiger partial charge in [-0.05, 0) is 30.5 Å². The first-order chi connectivity index (χ1) is 10.6. The van der Waals surface area contributed by atoms with Crippen LogP contribution in [0.15, 0.2) is 42.6 Å². The first-order valence-electron chi connectivity index (χ1n) is 7.32. The first kappa shape index (κ1) is 16.3. The second-order valence-electron chi connectivity index (χ2n) is 5.36. The van der Waals surface area contributed by atoms with E-state index in [0.717, 1.165) is 11.1 Å². The third-order valence-electron chi connectivity index (χ3n) is 3.56. The summed E-state index contributed by atoms with van der Waals surface area (Å²) in [7, 11) is 1.36. The van der Waals surface area contributed by atoms with Crippen molar-refractivity contribution >= 4 is 5.97 Å². The quantitative estimate of drug-likeness (QED) is 0.687. The monoisotopic (exact) mass is 302 g/mol. The van der Waals surface area contributed by atoms with Crippen LogP contribution < -0.4 is 5.32 Å². The molecule has 22 heavy (non-hydrogen) atoms. The molecule has 0 saturated heterocycles. The van der Waals surface area contributed by atoms with Crippen LogP contribution in [0.4, 0.5) is 0 Å². The number of aliphatic hydroxyl groups excluding tert-OH is 1.